The van der Waals surface area contributed by atoms with Crippen LogP contribution in [0, 0.1) is 0 Å². The molecule has 2 heterocycles. The first-order chi connectivity index (χ1) is 13.9. The van der Waals surface area contributed by atoms with Crippen molar-refractivity contribution in [1.82, 2.24) is 4.40 Å². The number of halogens is 3. The zero-order valence-electron chi connectivity index (χ0n) is 15.4. The number of methoxy groups -OCH3 is 1. The Bertz CT molecular complexity index is 1170. The summed E-state index contributed by atoms with van der Waals surface area (Å²) in [6.07, 6.45) is -2.63. The topological polar surface area (TPSA) is 30.7 Å². The fraction of sp³-hybridized carbons (Fsp3) is 0.0870. The number of rotatable bonds is 4. The van der Waals surface area contributed by atoms with Gasteiger partial charge in [0.05, 0.1) is 23.9 Å². The van der Waals surface area contributed by atoms with Crippen LogP contribution >= 0.6 is 0 Å². The molecule has 0 bridgehead atoms. The average molecular weight is 395 g/mol. The van der Waals surface area contributed by atoms with E-state index in [1.54, 1.807) is 54.1 Å². The van der Waals surface area contributed by atoms with Crippen LogP contribution in [0.25, 0.3) is 16.6 Å². The molecule has 0 amide bonds. The van der Waals surface area contributed by atoms with Crippen LogP contribution in [-0.2, 0) is 6.18 Å². The van der Waals surface area contributed by atoms with Gasteiger partial charge in [-0.15, -0.1) is 0 Å². The summed E-state index contributed by atoms with van der Waals surface area (Å²) in [6.45, 7) is 0. The minimum atomic E-state index is -4.39. The average Bonchev–Trinajstić information content (AvgIpc) is 3.12. The van der Waals surface area contributed by atoms with Gasteiger partial charge >= 0.3 is 6.18 Å². The molecular formula is C23H16F3NO2. The molecule has 4 aromatic rings. The summed E-state index contributed by atoms with van der Waals surface area (Å²) < 4.78 is 45.5. The Balaban J connectivity index is 1.80. The molecule has 2 aromatic carbocycles. The number of hydrogen-bond donors (Lipinski definition) is 0. The van der Waals surface area contributed by atoms with Gasteiger partial charge in [0.15, 0.2) is 0 Å². The molecule has 146 valence electrons. The summed E-state index contributed by atoms with van der Waals surface area (Å²) in [5.74, 6) is 0.457. The lowest BCUT2D eigenvalue weighted by Gasteiger charge is -2.07. The van der Waals surface area contributed by atoms with E-state index >= 15 is 0 Å². The number of pyridine rings is 1. The van der Waals surface area contributed by atoms with Crippen LogP contribution in [0.3, 0.4) is 0 Å². The third-order valence-electron chi connectivity index (χ3n) is 4.78. The van der Waals surface area contributed by atoms with Gasteiger partial charge in [-0.2, -0.15) is 13.2 Å². The number of fused-ring (bicyclic) bond motifs is 1. The smallest absolute Gasteiger partial charge is 0.416 e. The number of carbonyl (C=O) groups is 1. The Labute approximate surface area is 165 Å². The highest BCUT2D eigenvalue weighted by atomic mass is 19.4. The van der Waals surface area contributed by atoms with Crippen LogP contribution < -0.4 is 4.74 Å². The third kappa shape index (κ3) is 3.49. The normalized spacial score (nSPS) is 11.6. The Morgan fingerprint density at radius 2 is 1.62 bits per heavy atom. The van der Waals surface area contributed by atoms with E-state index in [1.807, 2.05) is 12.1 Å². The summed E-state index contributed by atoms with van der Waals surface area (Å²) in [6, 6.07) is 18.9. The molecule has 0 aliphatic heterocycles. The van der Waals surface area contributed by atoms with Gasteiger partial charge in [0.1, 0.15) is 5.75 Å². The van der Waals surface area contributed by atoms with Gasteiger partial charge in [-0.05, 0) is 60.2 Å². The molecule has 0 fully saturated rings. The minimum absolute atomic E-state index is 0.188. The molecule has 0 saturated carbocycles. The predicted octanol–water partition coefficient (Wildman–Crippen LogP) is 5.86. The third-order valence-corrected chi connectivity index (χ3v) is 4.78. The zero-order chi connectivity index (χ0) is 20.6. The molecule has 0 saturated heterocycles. The van der Waals surface area contributed by atoms with Crippen LogP contribution in [0.1, 0.15) is 21.6 Å². The SMILES string of the molecule is COc1ccc(C(=O)c2cc(-c3ccc(C(F)(F)F)cc3)c3ccccn23)cc1. The lowest BCUT2D eigenvalue weighted by Crippen LogP contribution is -2.04. The van der Waals surface area contributed by atoms with E-state index in [4.69, 9.17) is 4.74 Å². The second-order valence-corrected chi connectivity index (χ2v) is 6.53. The summed E-state index contributed by atoms with van der Waals surface area (Å²) in [7, 11) is 1.55. The van der Waals surface area contributed by atoms with E-state index in [-0.39, 0.29) is 5.78 Å². The van der Waals surface area contributed by atoms with Crippen molar-refractivity contribution >= 4 is 11.3 Å². The predicted molar refractivity (Wildman–Crippen MR) is 104 cm³/mol. The summed E-state index contributed by atoms with van der Waals surface area (Å²) in [5, 5.41) is 0. The van der Waals surface area contributed by atoms with Gasteiger partial charge in [0.25, 0.3) is 0 Å². The lowest BCUT2D eigenvalue weighted by molar-refractivity contribution is -0.137. The van der Waals surface area contributed by atoms with Crippen LogP contribution in [0.2, 0.25) is 0 Å². The number of nitrogens with zero attached hydrogens (tertiary/aromatic N) is 1. The minimum Gasteiger partial charge on any atom is -0.497 e. The molecule has 0 aliphatic rings. The van der Waals surface area contributed by atoms with E-state index in [0.29, 0.717) is 28.1 Å². The first-order valence-corrected chi connectivity index (χ1v) is 8.85. The van der Waals surface area contributed by atoms with Crippen molar-refractivity contribution in [2.75, 3.05) is 7.11 Å². The van der Waals surface area contributed by atoms with Crippen molar-refractivity contribution in [2.24, 2.45) is 0 Å². The van der Waals surface area contributed by atoms with Crippen molar-refractivity contribution in [1.29, 1.82) is 0 Å². The van der Waals surface area contributed by atoms with Crippen LogP contribution in [0.15, 0.2) is 79.0 Å². The lowest BCUT2D eigenvalue weighted by atomic mass is 10.0. The van der Waals surface area contributed by atoms with Crippen molar-refractivity contribution in [2.45, 2.75) is 6.18 Å². The summed E-state index contributed by atoms with van der Waals surface area (Å²) >= 11 is 0. The van der Waals surface area contributed by atoms with Crippen LogP contribution in [0.4, 0.5) is 13.2 Å². The highest BCUT2D eigenvalue weighted by Gasteiger charge is 2.30. The summed E-state index contributed by atoms with van der Waals surface area (Å²) in [4.78, 5) is 13.1. The fourth-order valence-electron chi connectivity index (χ4n) is 3.29. The Morgan fingerprint density at radius 1 is 0.931 bits per heavy atom. The molecule has 3 nitrogen and oxygen atoms in total. The van der Waals surface area contributed by atoms with Gasteiger partial charge in [-0.25, -0.2) is 0 Å². The Hall–Kier alpha value is -3.54. The monoisotopic (exact) mass is 395 g/mol. The maximum absolute atomic E-state index is 13.1. The number of hydrogen-bond acceptors (Lipinski definition) is 2. The second-order valence-electron chi connectivity index (χ2n) is 6.53. The second kappa shape index (κ2) is 7.13. The first-order valence-electron chi connectivity index (χ1n) is 8.85. The van der Waals surface area contributed by atoms with Gasteiger partial charge in [0, 0.05) is 17.3 Å². The highest BCUT2D eigenvalue weighted by molar-refractivity contribution is 6.10. The fourth-order valence-corrected chi connectivity index (χ4v) is 3.29. The van der Waals surface area contributed by atoms with Gasteiger partial charge in [-0.3, -0.25) is 4.79 Å². The molecule has 29 heavy (non-hydrogen) atoms. The molecular weight excluding hydrogens is 379 g/mol. The Morgan fingerprint density at radius 3 is 2.24 bits per heavy atom. The highest BCUT2D eigenvalue weighted by Crippen LogP contribution is 2.33. The molecule has 0 aliphatic carbocycles. The summed E-state index contributed by atoms with van der Waals surface area (Å²) in [5.41, 5.74) is 2.25. The molecule has 6 heteroatoms. The first kappa shape index (κ1) is 18.8. The number of ether oxygens (including phenoxy) is 1. The van der Waals surface area contributed by atoms with E-state index < -0.39 is 11.7 Å². The molecule has 4 rings (SSSR count). The van der Waals surface area contributed by atoms with Crippen LogP contribution in [-0.4, -0.2) is 17.3 Å². The standard InChI is InChI=1S/C23H16F3NO2/c1-29-18-11-7-16(8-12-18)22(28)21-14-19(20-4-2-3-13-27(20)21)15-5-9-17(10-6-15)23(24,25)26/h2-14H,1H3. The van der Waals surface area contributed by atoms with Crippen molar-refractivity contribution in [3.8, 4) is 16.9 Å². The van der Waals surface area contributed by atoms with Gasteiger partial charge in [-0.1, -0.05) is 18.2 Å². The largest absolute Gasteiger partial charge is 0.497 e. The quantitative estimate of drug-likeness (QED) is 0.405. The number of benzene rings is 2. The van der Waals surface area contributed by atoms with E-state index in [0.717, 1.165) is 17.6 Å². The molecule has 0 unspecified atom stereocenters. The van der Waals surface area contributed by atoms with Crippen LogP contribution in [0.5, 0.6) is 5.75 Å². The van der Waals surface area contributed by atoms with Gasteiger partial charge < -0.3 is 9.14 Å². The van der Waals surface area contributed by atoms with Gasteiger partial charge in [0.2, 0.25) is 5.78 Å². The van der Waals surface area contributed by atoms with E-state index in [2.05, 4.69) is 0 Å². The molecule has 0 spiro atoms. The van der Waals surface area contributed by atoms with E-state index in [9.17, 15) is 18.0 Å². The molecule has 0 atom stereocenters. The van der Waals surface area contributed by atoms with E-state index in [1.165, 1.54) is 12.1 Å². The molecule has 0 N–H and O–H groups in total. The number of carbonyl (C=O) groups excluding carboxylic acids is 1. The molecule has 2 aromatic heterocycles. The maximum atomic E-state index is 13.1. The number of alkyl halides is 3. The van der Waals surface area contributed by atoms with Crippen molar-refractivity contribution in [3.05, 3.63) is 95.8 Å². The maximum Gasteiger partial charge on any atom is 0.416 e. The van der Waals surface area contributed by atoms with Crippen molar-refractivity contribution in [3.63, 3.8) is 0 Å². The number of ketones is 1. The van der Waals surface area contributed by atoms with Crippen molar-refractivity contribution < 1.29 is 22.7 Å². The zero-order valence-corrected chi connectivity index (χ0v) is 15.4. The Kier molecular flexibility index (Phi) is 4.62. The molecule has 0 radical (unpaired) electrons. The number of aromatic nitrogens is 1.